The number of anilines is 3. The van der Waals surface area contributed by atoms with E-state index in [1.54, 1.807) is 60.7 Å². The van der Waals surface area contributed by atoms with Crippen LogP contribution in [0.15, 0.2) is 77.7 Å². The zero-order valence-electron chi connectivity index (χ0n) is 20.0. The summed E-state index contributed by atoms with van der Waals surface area (Å²) in [6, 6.07) is 20.2. The van der Waals surface area contributed by atoms with E-state index in [0.717, 1.165) is 11.1 Å². The van der Waals surface area contributed by atoms with Gasteiger partial charge in [0.1, 0.15) is 0 Å². The molecule has 3 N–H and O–H groups in total. The average Bonchev–Trinajstić information content (AvgIpc) is 2.81. The van der Waals surface area contributed by atoms with Gasteiger partial charge in [0.2, 0.25) is 5.91 Å². The predicted molar refractivity (Wildman–Crippen MR) is 139 cm³/mol. The largest absolute Gasteiger partial charge is 0.338 e. The van der Waals surface area contributed by atoms with Gasteiger partial charge in [-0.1, -0.05) is 41.5 Å². The molecule has 0 saturated carbocycles. The molecule has 35 heavy (non-hydrogen) atoms. The van der Waals surface area contributed by atoms with Gasteiger partial charge >= 0.3 is 6.03 Å². The fourth-order valence-electron chi connectivity index (χ4n) is 3.37. The van der Waals surface area contributed by atoms with Crippen LogP contribution < -0.4 is 20.3 Å². The number of nitrogens with one attached hydrogen (secondary N) is 3. The van der Waals surface area contributed by atoms with Crippen LogP contribution in [0, 0.1) is 13.8 Å². The normalized spacial score (nSPS) is 10.9. The lowest BCUT2D eigenvalue weighted by Gasteiger charge is -2.24. The van der Waals surface area contributed by atoms with Gasteiger partial charge < -0.3 is 16.0 Å². The van der Waals surface area contributed by atoms with Crippen LogP contribution >= 0.6 is 0 Å². The summed E-state index contributed by atoms with van der Waals surface area (Å²) in [5, 5.41) is 8.09. The lowest BCUT2D eigenvalue weighted by Crippen LogP contribution is -2.34. The van der Waals surface area contributed by atoms with Crippen molar-refractivity contribution in [3.05, 3.63) is 83.9 Å². The van der Waals surface area contributed by atoms with E-state index in [1.165, 1.54) is 4.31 Å². The Bertz CT molecular complexity index is 1270. The number of aryl methyl sites for hydroxylation is 2. The minimum atomic E-state index is -3.88. The molecule has 0 spiro atoms. The maximum Gasteiger partial charge on any atom is 0.319 e. The number of urea groups is 1. The van der Waals surface area contributed by atoms with Crippen molar-refractivity contribution in [3.8, 4) is 0 Å². The average molecular weight is 495 g/mol. The minimum absolute atomic E-state index is 0.0397. The van der Waals surface area contributed by atoms with Crippen LogP contribution in [-0.4, -0.2) is 33.4 Å². The molecule has 184 valence electrons. The van der Waals surface area contributed by atoms with Crippen molar-refractivity contribution in [2.45, 2.75) is 32.1 Å². The van der Waals surface area contributed by atoms with E-state index in [1.807, 2.05) is 32.9 Å². The van der Waals surface area contributed by atoms with Gasteiger partial charge in [0, 0.05) is 30.9 Å². The zero-order chi connectivity index (χ0) is 25.4. The third kappa shape index (κ3) is 7.07. The van der Waals surface area contributed by atoms with Crippen LogP contribution in [-0.2, 0) is 14.8 Å². The lowest BCUT2D eigenvalue weighted by atomic mass is 10.2. The molecule has 8 nitrogen and oxygen atoms in total. The van der Waals surface area contributed by atoms with E-state index >= 15 is 0 Å². The molecule has 3 rings (SSSR count). The molecule has 0 aromatic heterocycles. The highest BCUT2D eigenvalue weighted by atomic mass is 32.2. The number of benzene rings is 3. The summed E-state index contributed by atoms with van der Waals surface area (Å²) in [6.07, 6.45) is -0.0626. The van der Waals surface area contributed by atoms with E-state index in [2.05, 4.69) is 16.0 Å². The summed E-state index contributed by atoms with van der Waals surface area (Å²) in [5.74, 6) is -0.351. The molecule has 0 heterocycles. The number of hydrogen-bond donors (Lipinski definition) is 3. The second-order valence-corrected chi connectivity index (χ2v) is 9.95. The fraction of sp³-hybridized carbons (Fsp3) is 0.231. The van der Waals surface area contributed by atoms with Crippen molar-refractivity contribution in [2.24, 2.45) is 0 Å². The van der Waals surface area contributed by atoms with Gasteiger partial charge in [-0.3, -0.25) is 9.10 Å². The highest BCUT2D eigenvalue weighted by Gasteiger charge is 2.25. The number of nitrogens with zero attached hydrogens (tertiary/aromatic N) is 1. The predicted octanol–water partition coefficient (Wildman–Crippen LogP) is 4.67. The summed E-state index contributed by atoms with van der Waals surface area (Å²) >= 11 is 0. The van der Waals surface area contributed by atoms with Gasteiger partial charge in [0.05, 0.1) is 10.6 Å². The monoisotopic (exact) mass is 494 g/mol. The summed E-state index contributed by atoms with van der Waals surface area (Å²) in [7, 11) is -3.88. The maximum absolute atomic E-state index is 13.4. The van der Waals surface area contributed by atoms with Crippen LogP contribution in [0.5, 0.6) is 0 Å². The van der Waals surface area contributed by atoms with Crippen LogP contribution in [0.25, 0.3) is 0 Å². The summed E-state index contributed by atoms with van der Waals surface area (Å²) in [5.41, 5.74) is 3.45. The molecule has 0 fully saturated rings. The highest BCUT2D eigenvalue weighted by Crippen LogP contribution is 2.25. The van der Waals surface area contributed by atoms with E-state index in [-0.39, 0.29) is 29.8 Å². The number of rotatable bonds is 9. The second kappa shape index (κ2) is 11.5. The Labute approximate surface area is 206 Å². The van der Waals surface area contributed by atoms with Crippen molar-refractivity contribution in [1.82, 2.24) is 5.32 Å². The number of carbonyl (C=O) groups excluding carboxylic acids is 2. The SMILES string of the molecule is CCNC(=O)Nc1cccc(NC(=O)CCN(c2ccc(C)cc2)S(=O)(=O)c2ccc(C)cc2)c1. The Kier molecular flexibility index (Phi) is 8.48. The van der Waals surface area contributed by atoms with Crippen molar-refractivity contribution in [3.63, 3.8) is 0 Å². The van der Waals surface area contributed by atoms with Gasteiger partial charge in [-0.05, 0) is 63.2 Å². The van der Waals surface area contributed by atoms with Gasteiger partial charge in [0.25, 0.3) is 10.0 Å². The summed E-state index contributed by atoms with van der Waals surface area (Å²) in [6.45, 7) is 6.08. The minimum Gasteiger partial charge on any atom is -0.338 e. The summed E-state index contributed by atoms with van der Waals surface area (Å²) < 4.78 is 28.2. The third-order valence-electron chi connectivity index (χ3n) is 5.21. The Morgan fingerprint density at radius 3 is 2.00 bits per heavy atom. The first-order valence-electron chi connectivity index (χ1n) is 11.3. The molecule has 0 atom stereocenters. The third-order valence-corrected chi connectivity index (χ3v) is 7.06. The van der Waals surface area contributed by atoms with Crippen LogP contribution in [0.4, 0.5) is 21.9 Å². The Hall–Kier alpha value is -3.85. The first kappa shape index (κ1) is 25.8. The molecule has 3 aromatic carbocycles. The van der Waals surface area contributed by atoms with E-state index in [9.17, 15) is 18.0 Å². The van der Waals surface area contributed by atoms with Crippen LogP contribution in [0.2, 0.25) is 0 Å². The Morgan fingerprint density at radius 2 is 1.40 bits per heavy atom. The first-order chi connectivity index (χ1) is 16.7. The molecule has 0 aliphatic rings. The van der Waals surface area contributed by atoms with Gasteiger partial charge in [-0.15, -0.1) is 0 Å². The lowest BCUT2D eigenvalue weighted by molar-refractivity contribution is -0.116. The zero-order valence-corrected chi connectivity index (χ0v) is 20.9. The number of carbonyl (C=O) groups is 2. The first-order valence-corrected chi connectivity index (χ1v) is 12.7. The Balaban J connectivity index is 1.75. The molecular weight excluding hydrogens is 464 g/mol. The van der Waals surface area contributed by atoms with E-state index < -0.39 is 10.0 Å². The quantitative estimate of drug-likeness (QED) is 0.402. The molecular formula is C26H30N4O4S. The van der Waals surface area contributed by atoms with Gasteiger partial charge in [-0.25, -0.2) is 13.2 Å². The topological polar surface area (TPSA) is 108 Å². The molecule has 0 saturated heterocycles. The molecule has 0 aliphatic heterocycles. The molecule has 0 unspecified atom stereocenters. The van der Waals surface area contributed by atoms with E-state index in [0.29, 0.717) is 23.6 Å². The highest BCUT2D eigenvalue weighted by molar-refractivity contribution is 7.92. The molecule has 0 radical (unpaired) electrons. The van der Waals surface area contributed by atoms with Crippen LogP contribution in [0.3, 0.4) is 0 Å². The standard InChI is InChI=1S/C26H30N4O4S/c1-4-27-26(32)29-22-7-5-6-21(18-22)28-25(31)16-17-30(23-12-8-19(2)9-13-23)35(33,34)24-14-10-20(3)11-15-24/h5-15,18H,4,16-17H2,1-3H3,(H,28,31)(H2,27,29,32). The van der Waals surface area contributed by atoms with Crippen LogP contribution in [0.1, 0.15) is 24.5 Å². The number of hydrogen-bond acceptors (Lipinski definition) is 4. The van der Waals surface area contributed by atoms with Gasteiger partial charge in [-0.2, -0.15) is 0 Å². The molecule has 0 aliphatic carbocycles. The van der Waals surface area contributed by atoms with Crippen molar-refractivity contribution in [1.29, 1.82) is 0 Å². The van der Waals surface area contributed by atoms with E-state index in [4.69, 9.17) is 0 Å². The molecule has 3 aromatic rings. The van der Waals surface area contributed by atoms with Gasteiger partial charge in [0.15, 0.2) is 0 Å². The van der Waals surface area contributed by atoms with Crippen molar-refractivity contribution < 1.29 is 18.0 Å². The molecule has 3 amide bonds. The molecule has 9 heteroatoms. The fourth-order valence-corrected chi connectivity index (χ4v) is 4.84. The maximum atomic E-state index is 13.4. The smallest absolute Gasteiger partial charge is 0.319 e. The number of amides is 3. The second-order valence-electron chi connectivity index (χ2n) is 8.09. The summed E-state index contributed by atoms with van der Waals surface area (Å²) in [4.78, 5) is 24.6. The Morgan fingerprint density at radius 1 is 0.829 bits per heavy atom. The number of sulfonamides is 1. The molecule has 0 bridgehead atoms. The van der Waals surface area contributed by atoms with Crippen molar-refractivity contribution in [2.75, 3.05) is 28.0 Å². The van der Waals surface area contributed by atoms with Crippen molar-refractivity contribution >= 4 is 39.0 Å².